The number of piperazine rings is 1. The van der Waals surface area contributed by atoms with Crippen LogP contribution in [-0.4, -0.2) is 41.9 Å². The number of fused-ring (bicyclic) bond motifs is 1. The molecule has 2 aromatic carbocycles. The molecule has 1 unspecified atom stereocenters. The highest BCUT2D eigenvalue weighted by Gasteiger charge is 2.31. The predicted molar refractivity (Wildman–Crippen MR) is 96.2 cm³/mol. The maximum atomic E-state index is 12.8. The van der Waals surface area contributed by atoms with Crippen LogP contribution in [0.3, 0.4) is 0 Å². The summed E-state index contributed by atoms with van der Waals surface area (Å²) in [4.78, 5) is 17.3. The molecule has 1 fully saturated rings. The van der Waals surface area contributed by atoms with Crippen LogP contribution < -0.4 is 0 Å². The summed E-state index contributed by atoms with van der Waals surface area (Å²) in [7, 11) is 0. The van der Waals surface area contributed by atoms with E-state index in [1.807, 2.05) is 36.1 Å². The van der Waals surface area contributed by atoms with Gasteiger partial charge in [-0.25, -0.2) is 0 Å². The number of hydrogen-bond donors (Lipinski definition) is 0. The Bertz CT molecular complexity index is 747. The van der Waals surface area contributed by atoms with Gasteiger partial charge in [0.15, 0.2) is 0 Å². The van der Waals surface area contributed by atoms with Crippen molar-refractivity contribution in [3.8, 4) is 0 Å². The van der Waals surface area contributed by atoms with Gasteiger partial charge in [-0.3, -0.25) is 9.69 Å². The lowest BCUT2D eigenvalue weighted by molar-refractivity contribution is 0.0567. The predicted octanol–water partition coefficient (Wildman–Crippen LogP) is 3.44. The van der Waals surface area contributed by atoms with Crippen LogP contribution in [0.2, 0.25) is 0 Å². The molecule has 1 heterocycles. The van der Waals surface area contributed by atoms with Gasteiger partial charge < -0.3 is 4.90 Å². The van der Waals surface area contributed by atoms with Crippen molar-refractivity contribution in [2.75, 3.05) is 26.2 Å². The average Bonchev–Trinajstić information content (AvgIpc) is 3.06. The van der Waals surface area contributed by atoms with Gasteiger partial charge in [-0.2, -0.15) is 0 Å². The molecule has 1 amide bonds. The van der Waals surface area contributed by atoms with Crippen LogP contribution in [-0.2, 0) is 6.42 Å². The fraction of sp³-hybridized carbons (Fsp3) is 0.381. The third kappa shape index (κ3) is 2.73. The minimum absolute atomic E-state index is 0.180. The van der Waals surface area contributed by atoms with E-state index in [1.54, 1.807) is 0 Å². The first-order valence-electron chi connectivity index (χ1n) is 8.91. The van der Waals surface area contributed by atoms with E-state index in [0.717, 1.165) is 37.3 Å². The Hall–Kier alpha value is -2.13. The lowest BCUT2D eigenvalue weighted by atomic mass is 10.1. The van der Waals surface area contributed by atoms with Crippen LogP contribution in [0.1, 0.15) is 39.5 Å². The SMILES string of the molecule is Cc1ccccc1C(=O)N1CCN(C2CCc3ccccc32)CC1. The summed E-state index contributed by atoms with van der Waals surface area (Å²) in [6.07, 6.45) is 2.40. The molecule has 1 aliphatic heterocycles. The van der Waals surface area contributed by atoms with Crippen molar-refractivity contribution >= 4 is 5.91 Å². The van der Waals surface area contributed by atoms with Crippen molar-refractivity contribution in [2.24, 2.45) is 0 Å². The molecule has 3 heteroatoms. The smallest absolute Gasteiger partial charge is 0.254 e. The van der Waals surface area contributed by atoms with Crippen molar-refractivity contribution < 1.29 is 4.79 Å². The molecular formula is C21H24N2O. The fourth-order valence-corrected chi connectivity index (χ4v) is 4.13. The number of amides is 1. The Morgan fingerprint density at radius 1 is 0.958 bits per heavy atom. The van der Waals surface area contributed by atoms with Crippen molar-refractivity contribution in [1.29, 1.82) is 0 Å². The van der Waals surface area contributed by atoms with Crippen molar-refractivity contribution in [3.63, 3.8) is 0 Å². The fourth-order valence-electron chi connectivity index (χ4n) is 4.13. The highest BCUT2D eigenvalue weighted by atomic mass is 16.2. The molecule has 0 radical (unpaired) electrons. The lowest BCUT2D eigenvalue weighted by Gasteiger charge is -2.38. The van der Waals surface area contributed by atoms with Crippen LogP contribution in [0.25, 0.3) is 0 Å². The minimum Gasteiger partial charge on any atom is -0.336 e. The zero-order valence-corrected chi connectivity index (χ0v) is 14.2. The molecule has 2 aromatic rings. The molecule has 2 aliphatic rings. The second-order valence-corrected chi connectivity index (χ2v) is 6.90. The number of hydrogen-bond acceptors (Lipinski definition) is 2. The summed E-state index contributed by atoms with van der Waals surface area (Å²) in [5, 5.41) is 0. The first-order valence-corrected chi connectivity index (χ1v) is 8.91. The summed E-state index contributed by atoms with van der Waals surface area (Å²) < 4.78 is 0. The van der Waals surface area contributed by atoms with E-state index < -0.39 is 0 Å². The van der Waals surface area contributed by atoms with Crippen molar-refractivity contribution in [2.45, 2.75) is 25.8 Å². The molecule has 0 aromatic heterocycles. The monoisotopic (exact) mass is 320 g/mol. The summed E-state index contributed by atoms with van der Waals surface area (Å²) in [6.45, 7) is 5.60. The minimum atomic E-state index is 0.180. The van der Waals surface area contributed by atoms with Gasteiger partial charge in [-0.05, 0) is 42.5 Å². The molecule has 3 nitrogen and oxygen atoms in total. The Morgan fingerprint density at radius 2 is 1.67 bits per heavy atom. The van der Waals surface area contributed by atoms with E-state index in [-0.39, 0.29) is 5.91 Å². The van der Waals surface area contributed by atoms with E-state index in [2.05, 4.69) is 29.2 Å². The van der Waals surface area contributed by atoms with Crippen molar-refractivity contribution in [1.82, 2.24) is 9.80 Å². The first-order chi connectivity index (χ1) is 11.7. The highest BCUT2D eigenvalue weighted by Crippen LogP contribution is 2.36. The second-order valence-electron chi connectivity index (χ2n) is 6.90. The molecule has 1 atom stereocenters. The Labute approximate surface area is 143 Å². The largest absolute Gasteiger partial charge is 0.336 e. The molecule has 1 saturated heterocycles. The standard InChI is InChI=1S/C21H24N2O/c1-16-6-2-4-8-18(16)21(24)23-14-12-22(13-15-23)20-11-10-17-7-3-5-9-19(17)20/h2-9,20H,10-15H2,1H3. The van der Waals surface area contributed by atoms with Crippen LogP contribution >= 0.6 is 0 Å². The van der Waals surface area contributed by atoms with E-state index in [1.165, 1.54) is 24.0 Å². The Kier molecular flexibility index (Phi) is 4.11. The van der Waals surface area contributed by atoms with E-state index in [0.29, 0.717) is 6.04 Å². The van der Waals surface area contributed by atoms with Crippen LogP contribution in [0.5, 0.6) is 0 Å². The molecule has 24 heavy (non-hydrogen) atoms. The van der Waals surface area contributed by atoms with Gasteiger partial charge in [0.1, 0.15) is 0 Å². The molecular weight excluding hydrogens is 296 g/mol. The Balaban J connectivity index is 1.43. The number of carbonyl (C=O) groups excluding carboxylic acids is 1. The van der Waals surface area contributed by atoms with Gasteiger partial charge in [0.25, 0.3) is 5.91 Å². The van der Waals surface area contributed by atoms with Gasteiger partial charge in [0.2, 0.25) is 0 Å². The summed E-state index contributed by atoms with van der Waals surface area (Å²) in [5.74, 6) is 0.180. The van der Waals surface area contributed by atoms with Gasteiger partial charge in [0.05, 0.1) is 0 Å². The number of carbonyl (C=O) groups is 1. The van der Waals surface area contributed by atoms with Gasteiger partial charge in [0, 0.05) is 37.8 Å². The Morgan fingerprint density at radius 3 is 2.46 bits per heavy atom. The van der Waals surface area contributed by atoms with E-state index in [9.17, 15) is 4.79 Å². The number of aryl methyl sites for hydroxylation is 2. The molecule has 124 valence electrons. The first kappa shape index (κ1) is 15.4. The molecule has 0 bridgehead atoms. The summed E-state index contributed by atoms with van der Waals surface area (Å²) >= 11 is 0. The lowest BCUT2D eigenvalue weighted by Crippen LogP contribution is -2.49. The quantitative estimate of drug-likeness (QED) is 0.846. The molecule has 4 rings (SSSR count). The number of benzene rings is 2. The van der Waals surface area contributed by atoms with Gasteiger partial charge in [-0.15, -0.1) is 0 Å². The van der Waals surface area contributed by atoms with Crippen LogP contribution in [0.4, 0.5) is 0 Å². The molecule has 1 aliphatic carbocycles. The zero-order chi connectivity index (χ0) is 16.5. The number of rotatable bonds is 2. The summed E-state index contributed by atoms with van der Waals surface area (Å²) in [5.41, 5.74) is 4.91. The van der Waals surface area contributed by atoms with Crippen molar-refractivity contribution in [3.05, 3.63) is 70.8 Å². The highest BCUT2D eigenvalue weighted by molar-refractivity contribution is 5.95. The topological polar surface area (TPSA) is 23.6 Å². The third-order valence-corrected chi connectivity index (χ3v) is 5.52. The number of nitrogens with zero attached hydrogens (tertiary/aromatic N) is 2. The van der Waals surface area contributed by atoms with Gasteiger partial charge in [-0.1, -0.05) is 42.5 Å². The molecule has 0 saturated carbocycles. The normalized spacial score (nSPS) is 20.9. The average molecular weight is 320 g/mol. The maximum absolute atomic E-state index is 12.8. The summed E-state index contributed by atoms with van der Waals surface area (Å²) in [6, 6.07) is 17.3. The molecule has 0 spiro atoms. The zero-order valence-electron chi connectivity index (χ0n) is 14.2. The molecule has 0 N–H and O–H groups in total. The van der Waals surface area contributed by atoms with Crippen LogP contribution in [0.15, 0.2) is 48.5 Å². The van der Waals surface area contributed by atoms with E-state index in [4.69, 9.17) is 0 Å². The third-order valence-electron chi connectivity index (χ3n) is 5.52. The van der Waals surface area contributed by atoms with Crippen LogP contribution in [0, 0.1) is 6.92 Å². The van der Waals surface area contributed by atoms with Gasteiger partial charge >= 0.3 is 0 Å². The maximum Gasteiger partial charge on any atom is 0.254 e. The second kappa shape index (κ2) is 6.40. The van der Waals surface area contributed by atoms with E-state index >= 15 is 0 Å².